The number of aliphatic hydroxyl groups excluding tert-OH is 3. The van der Waals surface area contributed by atoms with Crippen LogP contribution in [0.4, 0.5) is 0 Å². The normalized spacial score (nSPS) is 12.3. The summed E-state index contributed by atoms with van der Waals surface area (Å²) in [7, 11) is 0. The van der Waals surface area contributed by atoms with Gasteiger partial charge in [-0.2, -0.15) is 0 Å². The quantitative estimate of drug-likeness (QED) is 0.379. The highest BCUT2D eigenvalue weighted by Gasteiger charge is 2.14. The van der Waals surface area contributed by atoms with Crippen LogP contribution in [0.3, 0.4) is 0 Å². The molecule has 0 saturated heterocycles. The summed E-state index contributed by atoms with van der Waals surface area (Å²) in [4.78, 5) is 10.0. The fourth-order valence-corrected chi connectivity index (χ4v) is 0.343. The smallest absolute Gasteiger partial charge is 0.320 e. The van der Waals surface area contributed by atoms with Gasteiger partial charge in [0, 0.05) is 0 Å². The first-order valence-corrected chi connectivity index (χ1v) is 4.24. The molecule has 0 aliphatic carbocycles. The van der Waals surface area contributed by atoms with E-state index in [1.807, 2.05) is 0 Å². The number of carbonyl (C=O) groups is 1. The summed E-state index contributed by atoms with van der Waals surface area (Å²) < 4.78 is 0. The molecule has 0 aromatic rings. The average molecular weight is 209 g/mol. The number of hydrogen-bond acceptors (Lipinski definition) is 5. The van der Waals surface area contributed by atoms with Crippen LogP contribution in [0, 0.1) is 5.92 Å². The second-order valence-corrected chi connectivity index (χ2v) is 3.13. The third-order valence-corrected chi connectivity index (χ3v) is 1.42. The summed E-state index contributed by atoms with van der Waals surface area (Å²) in [6, 6.07) is -0.713. The Kier molecular flexibility index (Phi) is 10.0. The van der Waals surface area contributed by atoms with Gasteiger partial charge >= 0.3 is 5.97 Å². The summed E-state index contributed by atoms with van der Waals surface area (Å²) in [5, 5.41) is 32.2. The van der Waals surface area contributed by atoms with E-state index in [2.05, 4.69) is 0 Å². The van der Waals surface area contributed by atoms with Crippen LogP contribution in [0.1, 0.15) is 13.8 Å². The monoisotopic (exact) mass is 209 g/mol. The largest absolute Gasteiger partial charge is 0.480 e. The van der Waals surface area contributed by atoms with Crippen molar-refractivity contribution in [2.24, 2.45) is 11.7 Å². The lowest BCUT2D eigenvalue weighted by Gasteiger charge is -2.07. The third-order valence-electron chi connectivity index (χ3n) is 1.42. The fraction of sp³-hybridized carbons (Fsp3) is 0.875. The fourth-order valence-electron chi connectivity index (χ4n) is 0.343. The SMILES string of the molecule is CC(C)[C@H](N)C(=O)O.OCC(O)CO. The Morgan fingerprint density at radius 1 is 1.29 bits per heavy atom. The Bertz CT molecular complexity index is 147. The van der Waals surface area contributed by atoms with E-state index in [1.165, 1.54) is 0 Å². The predicted octanol–water partition coefficient (Wildman–Crippen LogP) is -1.61. The minimum Gasteiger partial charge on any atom is -0.480 e. The molecule has 0 rings (SSSR count). The molecule has 0 aliphatic heterocycles. The highest BCUT2D eigenvalue weighted by molar-refractivity contribution is 5.73. The molecule has 0 bridgehead atoms. The zero-order chi connectivity index (χ0) is 11.7. The maximum absolute atomic E-state index is 10.0. The van der Waals surface area contributed by atoms with E-state index in [1.54, 1.807) is 13.8 Å². The van der Waals surface area contributed by atoms with E-state index in [9.17, 15) is 4.79 Å². The molecule has 0 heterocycles. The van der Waals surface area contributed by atoms with E-state index in [-0.39, 0.29) is 19.1 Å². The van der Waals surface area contributed by atoms with Crippen LogP contribution in [-0.4, -0.2) is 51.8 Å². The van der Waals surface area contributed by atoms with Crippen molar-refractivity contribution in [3.05, 3.63) is 0 Å². The summed E-state index contributed by atoms with van der Waals surface area (Å²) in [5.74, 6) is -0.910. The van der Waals surface area contributed by atoms with Crippen molar-refractivity contribution in [3.63, 3.8) is 0 Å². The lowest BCUT2D eigenvalue weighted by molar-refractivity contribution is -0.139. The summed E-state index contributed by atoms with van der Waals surface area (Å²) in [6.07, 6.45) is -0.954. The topological polar surface area (TPSA) is 124 Å². The number of nitrogens with two attached hydrogens (primary N) is 1. The van der Waals surface area contributed by atoms with E-state index in [0.717, 1.165) is 0 Å². The Labute approximate surface area is 83.0 Å². The van der Waals surface area contributed by atoms with E-state index in [4.69, 9.17) is 26.2 Å². The first-order valence-electron chi connectivity index (χ1n) is 4.24. The lowest BCUT2D eigenvalue weighted by atomic mass is 10.1. The standard InChI is InChI=1S/C5H11NO2.C3H8O3/c1-3(2)4(6)5(7)8;4-1-3(6)2-5/h3-4H,6H2,1-2H3,(H,7,8);3-6H,1-2H2/t4-;/m0./s1. The summed E-state index contributed by atoms with van der Waals surface area (Å²) in [5.41, 5.74) is 5.16. The minimum absolute atomic E-state index is 0.0208. The zero-order valence-electron chi connectivity index (χ0n) is 8.42. The first-order chi connectivity index (χ1) is 6.36. The van der Waals surface area contributed by atoms with Crippen molar-refractivity contribution in [1.82, 2.24) is 0 Å². The van der Waals surface area contributed by atoms with Crippen molar-refractivity contribution >= 4 is 5.97 Å². The van der Waals surface area contributed by atoms with Crippen molar-refractivity contribution in [3.8, 4) is 0 Å². The molecule has 6 heteroatoms. The zero-order valence-corrected chi connectivity index (χ0v) is 8.42. The van der Waals surface area contributed by atoms with Crippen LogP contribution in [0.2, 0.25) is 0 Å². The van der Waals surface area contributed by atoms with Crippen LogP contribution < -0.4 is 5.73 Å². The van der Waals surface area contributed by atoms with Crippen LogP contribution in [0.15, 0.2) is 0 Å². The molecule has 86 valence electrons. The maximum Gasteiger partial charge on any atom is 0.320 e. The molecule has 6 nitrogen and oxygen atoms in total. The predicted molar refractivity (Wildman–Crippen MR) is 50.6 cm³/mol. The number of rotatable bonds is 4. The van der Waals surface area contributed by atoms with Crippen LogP contribution in [-0.2, 0) is 4.79 Å². The van der Waals surface area contributed by atoms with Crippen molar-refractivity contribution in [1.29, 1.82) is 0 Å². The molecule has 0 aliphatic rings. The van der Waals surface area contributed by atoms with Crippen LogP contribution >= 0.6 is 0 Å². The van der Waals surface area contributed by atoms with Crippen molar-refractivity contribution in [2.45, 2.75) is 26.0 Å². The van der Waals surface area contributed by atoms with Gasteiger partial charge in [-0.3, -0.25) is 4.79 Å². The molecule has 1 atom stereocenters. The van der Waals surface area contributed by atoms with Gasteiger partial charge in [0.1, 0.15) is 12.1 Å². The van der Waals surface area contributed by atoms with Gasteiger partial charge in [-0.05, 0) is 5.92 Å². The van der Waals surface area contributed by atoms with Gasteiger partial charge in [0.05, 0.1) is 13.2 Å². The third kappa shape index (κ3) is 9.40. The number of carboxylic acid groups (broad SMARTS) is 1. The van der Waals surface area contributed by atoms with Gasteiger partial charge in [0.2, 0.25) is 0 Å². The lowest BCUT2D eigenvalue weighted by Crippen LogP contribution is -2.34. The van der Waals surface area contributed by atoms with E-state index >= 15 is 0 Å². The molecule has 0 radical (unpaired) electrons. The van der Waals surface area contributed by atoms with E-state index in [0.29, 0.717) is 0 Å². The second-order valence-electron chi connectivity index (χ2n) is 3.13. The van der Waals surface area contributed by atoms with Gasteiger partial charge in [-0.15, -0.1) is 0 Å². The van der Waals surface area contributed by atoms with Gasteiger partial charge in [0.25, 0.3) is 0 Å². The first kappa shape index (κ1) is 15.8. The molecule has 0 unspecified atom stereocenters. The van der Waals surface area contributed by atoms with E-state index < -0.39 is 18.1 Å². The highest BCUT2D eigenvalue weighted by atomic mass is 16.4. The number of hydrogen-bond donors (Lipinski definition) is 5. The Morgan fingerprint density at radius 3 is 1.64 bits per heavy atom. The minimum atomic E-state index is -0.954. The Morgan fingerprint density at radius 2 is 1.64 bits per heavy atom. The number of carboxylic acids is 1. The molecule has 0 saturated carbocycles. The van der Waals surface area contributed by atoms with Crippen LogP contribution in [0.5, 0.6) is 0 Å². The molecule has 0 aromatic heterocycles. The molecule has 0 aromatic carbocycles. The molecule has 0 fully saturated rings. The molecule has 6 N–H and O–H groups in total. The van der Waals surface area contributed by atoms with Crippen molar-refractivity contribution in [2.75, 3.05) is 13.2 Å². The molecule has 14 heavy (non-hydrogen) atoms. The molecule has 0 amide bonds. The highest BCUT2D eigenvalue weighted by Crippen LogP contribution is 1.96. The Hall–Kier alpha value is -0.690. The van der Waals surface area contributed by atoms with Gasteiger partial charge in [-0.25, -0.2) is 0 Å². The Balaban J connectivity index is 0. The van der Waals surface area contributed by atoms with Crippen LogP contribution in [0.25, 0.3) is 0 Å². The van der Waals surface area contributed by atoms with Gasteiger partial charge in [0.15, 0.2) is 0 Å². The maximum atomic E-state index is 10.0. The second kappa shape index (κ2) is 8.89. The molecule has 0 spiro atoms. The molecular formula is C8H19NO5. The summed E-state index contributed by atoms with van der Waals surface area (Å²) in [6.45, 7) is 2.82. The molecular weight excluding hydrogens is 190 g/mol. The van der Waals surface area contributed by atoms with Gasteiger partial charge in [-0.1, -0.05) is 13.8 Å². The number of aliphatic hydroxyl groups is 3. The average Bonchev–Trinajstić information content (AvgIpc) is 2.15. The number of aliphatic carboxylic acids is 1. The van der Waals surface area contributed by atoms with Crippen molar-refractivity contribution < 1.29 is 25.2 Å². The van der Waals surface area contributed by atoms with Gasteiger partial charge < -0.3 is 26.2 Å². The summed E-state index contributed by atoms with van der Waals surface area (Å²) >= 11 is 0.